The third-order valence-electron chi connectivity index (χ3n) is 2.07. The van der Waals surface area contributed by atoms with Gasteiger partial charge in [-0.15, -0.1) is 0 Å². The highest BCUT2D eigenvalue weighted by Gasteiger charge is 1.92. The molecule has 1 aromatic carbocycles. The van der Waals surface area contributed by atoms with E-state index in [0.717, 1.165) is 18.9 Å². The van der Waals surface area contributed by atoms with Crippen molar-refractivity contribution >= 4 is 0 Å². The second-order valence-electron chi connectivity index (χ2n) is 3.41. The minimum atomic E-state index is 0.579. The Bertz CT molecular complexity index is 267. The Kier molecular flexibility index (Phi) is 8.28. The molecule has 96 valence electrons. The van der Waals surface area contributed by atoms with Gasteiger partial charge in [-0.25, -0.2) is 0 Å². The van der Waals surface area contributed by atoms with E-state index in [1.807, 2.05) is 37.3 Å². The molecule has 0 saturated carbocycles. The van der Waals surface area contributed by atoms with E-state index in [4.69, 9.17) is 14.2 Å². The minimum absolute atomic E-state index is 0.579. The number of benzene rings is 1. The quantitative estimate of drug-likeness (QED) is 0.498. The maximum Gasteiger partial charge on any atom is 0.119 e. The summed E-state index contributed by atoms with van der Waals surface area (Å²) >= 11 is 0. The molecule has 0 aliphatic heterocycles. The fraction of sp³-hybridized carbons (Fsp3) is 0.538. The van der Waals surface area contributed by atoms with Crippen molar-refractivity contribution in [2.75, 3.05) is 39.7 Å². The van der Waals surface area contributed by atoms with Crippen molar-refractivity contribution in [2.24, 2.45) is 0 Å². The zero-order chi connectivity index (χ0) is 12.2. The Morgan fingerprint density at radius 2 is 1.82 bits per heavy atom. The molecule has 0 fully saturated rings. The number of hydrogen-bond acceptors (Lipinski definition) is 4. The largest absolute Gasteiger partial charge is 0.491 e. The molecule has 0 heterocycles. The molecule has 4 nitrogen and oxygen atoms in total. The Labute approximate surface area is 103 Å². The first-order chi connectivity index (χ1) is 8.43. The molecule has 0 unspecified atom stereocenters. The first-order valence-electron chi connectivity index (χ1n) is 5.97. The summed E-state index contributed by atoms with van der Waals surface area (Å²) in [5.74, 6) is 0.880. The molecule has 0 radical (unpaired) electrons. The SMILES string of the molecule is CCOCNCCOCCOc1ccccc1. The van der Waals surface area contributed by atoms with Crippen LogP contribution in [0.2, 0.25) is 0 Å². The molecule has 1 N–H and O–H groups in total. The number of hydrogen-bond donors (Lipinski definition) is 1. The average Bonchev–Trinajstić information content (AvgIpc) is 2.38. The summed E-state index contributed by atoms with van der Waals surface area (Å²) in [4.78, 5) is 0. The highest BCUT2D eigenvalue weighted by atomic mass is 16.5. The van der Waals surface area contributed by atoms with Gasteiger partial charge in [-0.05, 0) is 19.1 Å². The smallest absolute Gasteiger partial charge is 0.119 e. The van der Waals surface area contributed by atoms with Gasteiger partial charge >= 0.3 is 0 Å². The summed E-state index contributed by atoms with van der Waals surface area (Å²) in [5.41, 5.74) is 0. The van der Waals surface area contributed by atoms with Crippen molar-refractivity contribution in [3.05, 3.63) is 30.3 Å². The van der Waals surface area contributed by atoms with Crippen molar-refractivity contribution in [1.82, 2.24) is 5.32 Å². The average molecular weight is 239 g/mol. The van der Waals surface area contributed by atoms with Gasteiger partial charge in [-0.2, -0.15) is 0 Å². The topological polar surface area (TPSA) is 39.7 Å². The Morgan fingerprint density at radius 1 is 1.00 bits per heavy atom. The fourth-order valence-electron chi connectivity index (χ4n) is 1.23. The van der Waals surface area contributed by atoms with E-state index in [-0.39, 0.29) is 0 Å². The molecule has 0 bridgehead atoms. The molecule has 0 aliphatic carbocycles. The monoisotopic (exact) mass is 239 g/mol. The van der Waals surface area contributed by atoms with Gasteiger partial charge in [0.05, 0.1) is 19.9 Å². The molecule has 1 rings (SSSR count). The molecular weight excluding hydrogens is 218 g/mol. The van der Waals surface area contributed by atoms with Gasteiger partial charge in [0.15, 0.2) is 0 Å². The predicted octanol–water partition coefficient (Wildman–Crippen LogP) is 1.67. The van der Waals surface area contributed by atoms with Crippen LogP contribution in [0.15, 0.2) is 30.3 Å². The van der Waals surface area contributed by atoms with Crippen LogP contribution in [0.4, 0.5) is 0 Å². The number of rotatable bonds is 10. The van der Waals surface area contributed by atoms with Gasteiger partial charge in [-0.3, -0.25) is 5.32 Å². The van der Waals surface area contributed by atoms with Crippen LogP contribution in [0, 0.1) is 0 Å². The molecule has 0 amide bonds. The zero-order valence-corrected chi connectivity index (χ0v) is 10.4. The number of ether oxygens (including phenoxy) is 3. The lowest BCUT2D eigenvalue weighted by Gasteiger charge is -2.07. The third kappa shape index (κ3) is 7.74. The van der Waals surface area contributed by atoms with Crippen molar-refractivity contribution < 1.29 is 14.2 Å². The van der Waals surface area contributed by atoms with Crippen LogP contribution >= 0.6 is 0 Å². The number of para-hydroxylation sites is 1. The predicted molar refractivity (Wildman–Crippen MR) is 67.3 cm³/mol. The van der Waals surface area contributed by atoms with E-state index < -0.39 is 0 Å². The summed E-state index contributed by atoms with van der Waals surface area (Å²) in [7, 11) is 0. The lowest BCUT2D eigenvalue weighted by atomic mass is 10.3. The Hall–Kier alpha value is -1.10. The molecule has 0 spiro atoms. The van der Waals surface area contributed by atoms with E-state index in [2.05, 4.69) is 5.32 Å². The highest BCUT2D eigenvalue weighted by Crippen LogP contribution is 2.07. The molecule has 0 aromatic heterocycles. The standard InChI is InChI=1S/C13H21NO3/c1-2-15-12-14-8-9-16-10-11-17-13-6-4-3-5-7-13/h3-7,14H,2,8-12H2,1H3. The van der Waals surface area contributed by atoms with Crippen LogP contribution in [-0.2, 0) is 9.47 Å². The Morgan fingerprint density at radius 3 is 2.59 bits per heavy atom. The summed E-state index contributed by atoms with van der Waals surface area (Å²) in [6.07, 6.45) is 0. The molecular formula is C13H21NO3. The summed E-state index contributed by atoms with van der Waals surface area (Å²) in [5, 5.41) is 3.11. The van der Waals surface area contributed by atoms with Crippen molar-refractivity contribution in [2.45, 2.75) is 6.92 Å². The van der Waals surface area contributed by atoms with Gasteiger partial charge in [-0.1, -0.05) is 18.2 Å². The van der Waals surface area contributed by atoms with E-state index in [0.29, 0.717) is 26.6 Å². The molecule has 4 heteroatoms. The maximum absolute atomic E-state index is 5.48. The fourth-order valence-corrected chi connectivity index (χ4v) is 1.23. The molecule has 17 heavy (non-hydrogen) atoms. The van der Waals surface area contributed by atoms with Crippen LogP contribution in [-0.4, -0.2) is 39.7 Å². The summed E-state index contributed by atoms with van der Waals surface area (Å²) < 4.78 is 16.0. The van der Waals surface area contributed by atoms with E-state index in [9.17, 15) is 0 Å². The first-order valence-corrected chi connectivity index (χ1v) is 5.97. The van der Waals surface area contributed by atoms with Gasteiger partial charge < -0.3 is 14.2 Å². The van der Waals surface area contributed by atoms with Crippen LogP contribution in [0.1, 0.15) is 6.92 Å². The minimum Gasteiger partial charge on any atom is -0.491 e. The normalized spacial score (nSPS) is 10.4. The number of nitrogens with one attached hydrogen (secondary N) is 1. The molecule has 0 saturated heterocycles. The van der Waals surface area contributed by atoms with Gasteiger partial charge in [0, 0.05) is 13.2 Å². The maximum atomic E-state index is 5.48. The van der Waals surface area contributed by atoms with Gasteiger partial charge in [0.1, 0.15) is 12.4 Å². The van der Waals surface area contributed by atoms with Crippen LogP contribution in [0.5, 0.6) is 5.75 Å². The second kappa shape index (κ2) is 10.1. The van der Waals surface area contributed by atoms with E-state index in [1.54, 1.807) is 0 Å². The van der Waals surface area contributed by atoms with Crippen molar-refractivity contribution in [3.8, 4) is 5.75 Å². The highest BCUT2D eigenvalue weighted by molar-refractivity contribution is 5.20. The zero-order valence-electron chi connectivity index (χ0n) is 10.4. The van der Waals surface area contributed by atoms with Gasteiger partial charge in [0.2, 0.25) is 0 Å². The van der Waals surface area contributed by atoms with Crippen molar-refractivity contribution in [3.63, 3.8) is 0 Å². The molecule has 1 aromatic rings. The third-order valence-corrected chi connectivity index (χ3v) is 2.07. The van der Waals surface area contributed by atoms with Crippen LogP contribution < -0.4 is 10.1 Å². The molecule has 0 atom stereocenters. The van der Waals surface area contributed by atoms with Gasteiger partial charge in [0.25, 0.3) is 0 Å². The lowest BCUT2D eigenvalue weighted by molar-refractivity contribution is 0.0859. The summed E-state index contributed by atoms with van der Waals surface area (Å²) in [6.45, 7) is 5.94. The second-order valence-corrected chi connectivity index (χ2v) is 3.41. The van der Waals surface area contributed by atoms with E-state index >= 15 is 0 Å². The van der Waals surface area contributed by atoms with Crippen molar-refractivity contribution in [1.29, 1.82) is 0 Å². The Balaban J connectivity index is 1.85. The van der Waals surface area contributed by atoms with Crippen LogP contribution in [0.3, 0.4) is 0 Å². The van der Waals surface area contributed by atoms with E-state index in [1.165, 1.54) is 0 Å². The lowest BCUT2D eigenvalue weighted by Crippen LogP contribution is -2.23. The molecule has 0 aliphatic rings. The summed E-state index contributed by atoms with van der Waals surface area (Å²) in [6, 6.07) is 9.74. The van der Waals surface area contributed by atoms with Crippen LogP contribution in [0.25, 0.3) is 0 Å². The first kappa shape index (κ1) is 14.0.